The molecule has 0 saturated heterocycles. The number of benzene rings is 1. The molecule has 0 atom stereocenters. The number of nitrogens with zero attached hydrogens (tertiary/aromatic N) is 4. The Kier molecular flexibility index (Phi) is 4.09. The molecule has 0 aliphatic carbocycles. The summed E-state index contributed by atoms with van der Waals surface area (Å²) in [6.07, 6.45) is 7.35. The molecule has 2 aromatic heterocycles. The van der Waals surface area contributed by atoms with Crippen molar-refractivity contribution in [2.75, 3.05) is 12.3 Å². The number of nitrogens with two attached hydrogens (primary N) is 1. The van der Waals surface area contributed by atoms with Gasteiger partial charge in [-0.1, -0.05) is 36.4 Å². The Hall–Kier alpha value is -2.89. The molecular weight excluding hydrogens is 314 g/mol. The van der Waals surface area contributed by atoms with Gasteiger partial charge in [-0.25, -0.2) is 4.98 Å². The van der Waals surface area contributed by atoms with Crippen LogP contribution in [0.15, 0.2) is 36.4 Å². The van der Waals surface area contributed by atoms with Crippen molar-refractivity contribution in [3.05, 3.63) is 53.4 Å². The summed E-state index contributed by atoms with van der Waals surface area (Å²) in [5, 5.41) is 0. The number of aromatic nitrogens is 4. The number of anilines is 1. The molecule has 0 spiro atoms. The Morgan fingerprint density at radius 1 is 1.12 bits per heavy atom. The van der Waals surface area contributed by atoms with Crippen LogP contribution < -0.4 is 10.5 Å². The van der Waals surface area contributed by atoms with Crippen molar-refractivity contribution in [1.29, 1.82) is 0 Å². The van der Waals surface area contributed by atoms with E-state index in [-0.39, 0.29) is 0 Å². The van der Waals surface area contributed by atoms with Crippen molar-refractivity contribution < 1.29 is 4.74 Å². The highest BCUT2D eigenvalue weighted by Crippen LogP contribution is 2.23. The minimum Gasteiger partial charge on any atom is -0.459 e. The largest absolute Gasteiger partial charge is 0.459 e. The van der Waals surface area contributed by atoms with E-state index in [4.69, 9.17) is 10.5 Å². The number of imidazole rings is 1. The van der Waals surface area contributed by atoms with Gasteiger partial charge in [0.05, 0.1) is 6.54 Å². The molecule has 0 fully saturated rings. The van der Waals surface area contributed by atoms with Crippen molar-refractivity contribution >= 4 is 17.0 Å². The molecule has 1 aromatic carbocycles. The Bertz CT molecular complexity index is 944. The van der Waals surface area contributed by atoms with E-state index in [2.05, 4.69) is 49.9 Å². The average Bonchev–Trinajstić information content (AvgIpc) is 2.90. The Morgan fingerprint density at radius 3 is 2.92 bits per heavy atom. The van der Waals surface area contributed by atoms with Gasteiger partial charge in [0.15, 0.2) is 17.0 Å². The summed E-state index contributed by atoms with van der Waals surface area (Å²) in [6.45, 7) is 3.10. The summed E-state index contributed by atoms with van der Waals surface area (Å²) in [5.74, 6) is 1.21. The van der Waals surface area contributed by atoms with Crippen LogP contribution in [-0.2, 0) is 13.0 Å². The number of allylic oxidation sites excluding steroid dienone is 1. The highest BCUT2D eigenvalue weighted by Gasteiger charge is 2.15. The van der Waals surface area contributed by atoms with Gasteiger partial charge in [0.25, 0.3) is 0 Å². The number of nitrogen functional groups attached to an aromatic ring is 1. The fourth-order valence-corrected chi connectivity index (χ4v) is 3.16. The van der Waals surface area contributed by atoms with Crippen LogP contribution in [0.25, 0.3) is 11.2 Å². The van der Waals surface area contributed by atoms with Crippen LogP contribution in [0, 0.1) is 6.92 Å². The second-order valence-electron chi connectivity index (χ2n) is 6.30. The fraction of sp³-hybridized carbons (Fsp3) is 0.316. The van der Waals surface area contributed by atoms with E-state index in [0.717, 1.165) is 25.1 Å². The summed E-state index contributed by atoms with van der Waals surface area (Å²) < 4.78 is 7.71. The van der Waals surface area contributed by atoms with Crippen LogP contribution in [0.5, 0.6) is 6.01 Å². The van der Waals surface area contributed by atoms with Gasteiger partial charge in [-0.2, -0.15) is 9.97 Å². The summed E-state index contributed by atoms with van der Waals surface area (Å²) in [5.41, 5.74) is 9.99. The molecular formula is C19H21N5O. The number of fused-ring (bicyclic) bond motifs is 3. The van der Waals surface area contributed by atoms with Crippen LogP contribution in [0.1, 0.15) is 29.8 Å². The highest BCUT2D eigenvalue weighted by molar-refractivity contribution is 5.82. The predicted octanol–water partition coefficient (Wildman–Crippen LogP) is 3.04. The minimum absolute atomic E-state index is 0.291. The van der Waals surface area contributed by atoms with Crippen LogP contribution in [-0.4, -0.2) is 26.1 Å². The van der Waals surface area contributed by atoms with Gasteiger partial charge in [0.2, 0.25) is 0 Å². The molecule has 0 saturated carbocycles. The fourth-order valence-electron chi connectivity index (χ4n) is 3.16. The molecule has 0 unspecified atom stereocenters. The maximum absolute atomic E-state index is 6.07. The molecule has 128 valence electrons. The molecule has 2 N–H and O–H groups in total. The van der Waals surface area contributed by atoms with Gasteiger partial charge in [0, 0.05) is 0 Å². The quantitative estimate of drug-likeness (QED) is 0.639. The first kappa shape index (κ1) is 15.6. The molecule has 4 rings (SSSR count). The number of rotatable bonds is 0. The number of aryl methyl sites for hydroxylation is 2. The van der Waals surface area contributed by atoms with Crippen LogP contribution in [0.2, 0.25) is 0 Å². The minimum atomic E-state index is 0.291. The van der Waals surface area contributed by atoms with Crippen LogP contribution >= 0.6 is 0 Å². The lowest BCUT2D eigenvalue weighted by Gasteiger charge is -2.09. The summed E-state index contributed by atoms with van der Waals surface area (Å²) in [7, 11) is 0. The highest BCUT2D eigenvalue weighted by atomic mass is 16.5. The summed E-state index contributed by atoms with van der Waals surface area (Å²) in [4.78, 5) is 13.3. The van der Waals surface area contributed by atoms with Crippen molar-refractivity contribution in [3.63, 3.8) is 0 Å². The lowest BCUT2D eigenvalue weighted by atomic mass is 10.0. The third-order valence-electron chi connectivity index (χ3n) is 4.44. The van der Waals surface area contributed by atoms with E-state index in [0.29, 0.717) is 36.1 Å². The van der Waals surface area contributed by atoms with Crippen molar-refractivity contribution in [2.24, 2.45) is 0 Å². The summed E-state index contributed by atoms with van der Waals surface area (Å²) >= 11 is 0. The van der Waals surface area contributed by atoms with Gasteiger partial charge in [-0.05, 0) is 37.3 Å². The zero-order chi connectivity index (χ0) is 17.2. The first-order chi connectivity index (χ1) is 12.2. The van der Waals surface area contributed by atoms with Gasteiger partial charge in [0.1, 0.15) is 12.4 Å². The first-order valence-electron chi connectivity index (χ1n) is 8.56. The van der Waals surface area contributed by atoms with Gasteiger partial charge >= 0.3 is 6.01 Å². The second kappa shape index (κ2) is 6.55. The van der Waals surface area contributed by atoms with Crippen LogP contribution in [0.4, 0.5) is 5.82 Å². The molecule has 3 heterocycles. The van der Waals surface area contributed by atoms with Crippen molar-refractivity contribution in [1.82, 2.24) is 19.5 Å². The molecule has 1 aliphatic rings. The van der Waals surface area contributed by atoms with E-state index in [1.165, 1.54) is 11.1 Å². The molecule has 25 heavy (non-hydrogen) atoms. The topological polar surface area (TPSA) is 78.9 Å². The monoisotopic (exact) mass is 335 g/mol. The Balaban J connectivity index is 1.83. The van der Waals surface area contributed by atoms with Crippen molar-refractivity contribution in [2.45, 2.75) is 32.7 Å². The zero-order valence-electron chi connectivity index (χ0n) is 14.3. The summed E-state index contributed by atoms with van der Waals surface area (Å²) in [6, 6.07) is 8.99. The molecule has 6 heteroatoms. The lowest BCUT2D eigenvalue weighted by molar-refractivity contribution is 0.334. The van der Waals surface area contributed by atoms with E-state index in [1.54, 1.807) is 0 Å². The number of ether oxygens (including phenoxy) is 1. The maximum atomic E-state index is 6.07. The molecule has 4 bridgehead atoms. The smallest absolute Gasteiger partial charge is 0.320 e. The molecule has 0 amide bonds. The molecule has 0 radical (unpaired) electrons. The lowest BCUT2D eigenvalue weighted by Crippen LogP contribution is -2.06. The van der Waals surface area contributed by atoms with Crippen molar-refractivity contribution in [3.8, 4) is 6.01 Å². The number of hydrogen-bond acceptors (Lipinski definition) is 5. The predicted molar refractivity (Wildman–Crippen MR) is 97.6 cm³/mol. The third kappa shape index (κ3) is 3.20. The average molecular weight is 335 g/mol. The zero-order valence-corrected chi connectivity index (χ0v) is 14.3. The Labute approximate surface area is 146 Å². The van der Waals surface area contributed by atoms with E-state index in [9.17, 15) is 0 Å². The van der Waals surface area contributed by atoms with E-state index < -0.39 is 0 Å². The molecule has 6 nitrogen and oxygen atoms in total. The first-order valence-corrected chi connectivity index (χ1v) is 8.56. The van der Waals surface area contributed by atoms with Gasteiger partial charge < -0.3 is 15.0 Å². The Morgan fingerprint density at radius 2 is 2.00 bits per heavy atom. The number of hydrogen-bond donors (Lipinski definition) is 1. The van der Waals surface area contributed by atoms with Gasteiger partial charge in [-0.3, -0.25) is 0 Å². The molecule has 3 aromatic rings. The third-order valence-corrected chi connectivity index (χ3v) is 4.44. The maximum Gasteiger partial charge on any atom is 0.320 e. The van der Waals surface area contributed by atoms with E-state index in [1.807, 2.05) is 13.0 Å². The van der Waals surface area contributed by atoms with E-state index >= 15 is 0 Å². The van der Waals surface area contributed by atoms with Crippen LogP contribution in [0.3, 0.4) is 0 Å². The van der Waals surface area contributed by atoms with Gasteiger partial charge in [-0.15, -0.1) is 0 Å². The standard InChI is InChI=1S/C19H21N5O/c1-13-21-16-17(20)22-19-23-18(16)24(13)12-15-9-6-8-14(11-15)7-4-2-3-5-10-25-19/h3,5-6,8-9,11H,2,4,7,10,12H2,1H3,(H2,20,22,23)/b5-3+. The molecule has 1 aliphatic heterocycles. The second-order valence-corrected chi connectivity index (χ2v) is 6.30. The normalized spacial score (nSPS) is 16.2. The SMILES string of the molecule is Cc1nc2c(N)nc3nc2n1Cc1cccc(c1)CCC/C=C/CO3.